The summed E-state index contributed by atoms with van der Waals surface area (Å²) in [5, 5.41) is 8.71. The quantitative estimate of drug-likeness (QED) is 0.811. The number of hydrogen-bond acceptors (Lipinski definition) is 4. The van der Waals surface area contributed by atoms with Gasteiger partial charge in [0.2, 0.25) is 11.8 Å². The summed E-state index contributed by atoms with van der Waals surface area (Å²) in [5.74, 6) is -0.856. The second-order valence-corrected chi connectivity index (χ2v) is 3.75. The van der Waals surface area contributed by atoms with Gasteiger partial charge in [0.1, 0.15) is 12.3 Å². The zero-order valence-electron chi connectivity index (χ0n) is 8.84. The Balaban J connectivity index is 2.22. The lowest BCUT2D eigenvalue weighted by atomic mass is 10.2. The van der Waals surface area contributed by atoms with Crippen LogP contribution in [0.5, 0.6) is 0 Å². The predicted molar refractivity (Wildman–Crippen MR) is 52.8 cm³/mol. The number of carbonyl (C=O) groups excluding carboxylic acids is 1. The number of aromatic carboxylic acids is 1. The maximum Gasteiger partial charge on any atom is 0.357 e. The van der Waals surface area contributed by atoms with Gasteiger partial charge >= 0.3 is 5.97 Å². The number of rotatable bonds is 2. The van der Waals surface area contributed by atoms with Crippen molar-refractivity contribution in [1.29, 1.82) is 0 Å². The van der Waals surface area contributed by atoms with Crippen LogP contribution in [0.25, 0.3) is 0 Å². The normalized spacial score (nSPS) is 20.1. The molecule has 2 heterocycles. The van der Waals surface area contributed by atoms with Gasteiger partial charge in [0.15, 0.2) is 5.69 Å². The van der Waals surface area contributed by atoms with Crippen LogP contribution in [0.3, 0.4) is 0 Å². The Labute approximate surface area is 91.9 Å². The molecule has 1 amide bonds. The van der Waals surface area contributed by atoms with E-state index in [9.17, 15) is 9.59 Å². The maximum absolute atomic E-state index is 11.3. The van der Waals surface area contributed by atoms with Crippen LogP contribution in [0.4, 0.5) is 0 Å². The first-order chi connectivity index (χ1) is 7.59. The van der Waals surface area contributed by atoms with E-state index in [-0.39, 0.29) is 17.6 Å². The Kier molecular flexibility index (Phi) is 2.64. The third kappa shape index (κ3) is 1.78. The van der Waals surface area contributed by atoms with Crippen LogP contribution in [0.2, 0.25) is 0 Å². The van der Waals surface area contributed by atoms with Crippen LogP contribution in [0, 0.1) is 0 Å². The molecular formula is C10H12N2O4. The first-order valence-electron chi connectivity index (χ1n) is 5.05. The van der Waals surface area contributed by atoms with E-state index >= 15 is 0 Å². The lowest BCUT2D eigenvalue weighted by molar-refractivity contribution is -0.130. The molecule has 86 valence electrons. The van der Waals surface area contributed by atoms with E-state index in [1.54, 1.807) is 4.90 Å². The van der Waals surface area contributed by atoms with Gasteiger partial charge in [-0.3, -0.25) is 4.79 Å². The van der Waals surface area contributed by atoms with Crippen molar-refractivity contribution in [3.05, 3.63) is 17.8 Å². The molecule has 1 aromatic heterocycles. The van der Waals surface area contributed by atoms with Crippen molar-refractivity contribution >= 4 is 11.9 Å². The summed E-state index contributed by atoms with van der Waals surface area (Å²) in [5.41, 5.74) is -0.120. The number of carboxylic acids is 1. The van der Waals surface area contributed by atoms with Crippen molar-refractivity contribution in [2.45, 2.75) is 25.8 Å². The second kappa shape index (κ2) is 3.96. The fourth-order valence-corrected chi connectivity index (χ4v) is 1.94. The zero-order chi connectivity index (χ0) is 11.7. The first kappa shape index (κ1) is 10.7. The second-order valence-electron chi connectivity index (χ2n) is 3.75. The monoisotopic (exact) mass is 224 g/mol. The van der Waals surface area contributed by atoms with Crippen molar-refractivity contribution in [3.63, 3.8) is 0 Å². The molecule has 1 N–H and O–H groups in total. The molecule has 1 fully saturated rings. The molecule has 0 bridgehead atoms. The number of aromatic nitrogens is 1. The van der Waals surface area contributed by atoms with E-state index in [0.717, 1.165) is 19.1 Å². The minimum absolute atomic E-state index is 0.0439. The molecule has 6 heteroatoms. The molecule has 0 aromatic carbocycles. The largest absolute Gasteiger partial charge is 0.476 e. The molecule has 2 rings (SSSR count). The molecule has 0 radical (unpaired) electrons. The number of oxazole rings is 1. The van der Waals surface area contributed by atoms with E-state index in [2.05, 4.69) is 4.98 Å². The summed E-state index contributed by atoms with van der Waals surface area (Å²) >= 11 is 0. The van der Waals surface area contributed by atoms with Crippen molar-refractivity contribution in [1.82, 2.24) is 9.88 Å². The number of likely N-dealkylation sites (tertiary alicyclic amines) is 1. The van der Waals surface area contributed by atoms with Gasteiger partial charge < -0.3 is 14.4 Å². The Hall–Kier alpha value is -1.85. The van der Waals surface area contributed by atoms with E-state index in [1.165, 1.54) is 6.92 Å². The molecule has 1 aromatic rings. The van der Waals surface area contributed by atoms with Gasteiger partial charge in [0, 0.05) is 13.5 Å². The van der Waals surface area contributed by atoms with Crippen LogP contribution >= 0.6 is 0 Å². The van der Waals surface area contributed by atoms with E-state index in [1.807, 2.05) is 0 Å². The van der Waals surface area contributed by atoms with Gasteiger partial charge in [-0.25, -0.2) is 9.78 Å². The summed E-state index contributed by atoms with van der Waals surface area (Å²) in [6.45, 7) is 2.16. The van der Waals surface area contributed by atoms with Gasteiger partial charge in [-0.15, -0.1) is 0 Å². The van der Waals surface area contributed by atoms with E-state index in [0.29, 0.717) is 12.4 Å². The summed E-state index contributed by atoms with van der Waals surface area (Å²) in [6, 6.07) is -0.217. The fraction of sp³-hybridized carbons (Fsp3) is 0.500. The van der Waals surface area contributed by atoms with Crippen LogP contribution in [-0.4, -0.2) is 33.4 Å². The van der Waals surface area contributed by atoms with Gasteiger partial charge in [0.05, 0.1) is 0 Å². The number of amides is 1. The predicted octanol–water partition coefficient (Wildman–Crippen LogP) is 1.06. The summed E-state index contributed by atoms with van der Waals surface area (Å²) in [4.78, 5) is 27.5. The van der Waals surface area contributed by atoms with Gasteiger partial charge in [-0.1, -0.05) is 0 Å². The highest BCUT2D eigenvalue weighted by atomic mass is 16.4. The van der Waals surface area contributed by atoms with Crippen molar-refractivity contribution in [3.8, 4) is 0 Å². The van der Waals surface area contributed by atoms with Crippen molar-refractivity contribution in [2.24, 2.45) is 0 Å². The molecule has 1 aliphatic rings. The molecule has 1 aliphatic heterocycles. The van der Waals surface area contributed by atoms with Gasteiger partial charge in [-0.2, -0.15) is 0 Å². The van der Waals surface area contributed by atoms with Crippen molar-refractivity contribution in [2.75, 3.05) is 6.54 Å². The fourth-order valence-electron chi connectivity index (χ4n) is 1.94. The number of carboxylic acid groups (broad SMARTS) is 1. The lowest BCUT2D eigenvalue weighted by Gasteiger charge is -2.19. The molecule has 16 heavy (non-hydrogen) atoms. The Bertz CT molecular complexity index is 426. The standard InChI is InChI=1S/C10H12N2O4/c1-6(13)12-4-2-3-8(12)9-11-7(5-16-9)10(14)15/h5,8H,2-4H2,1H3,(H,14,15)/t8-/m1/s1. The SMILES string of the molecule is CC(=O)N1CCC[C@@H]1c1nc(C(=O)O)co1. The molecule has 0 aliphatic carbocycles. The molecule has 1 saturated heterocycles. The molecule has 1 atom stereocenters. The van der Waals surface area contributed by atoms with Crippen LogP contribution in [0.15, 0.2) is 10.7 Å². The molecule has 0 spiro atoms. The molecular weight excluding hydrogens is 212 g/mol. The number of nitrogens with zero attached hydrogens (tertiary/aromatic N) is 2. The smallest absolute Gasteiger partial charge is 0.357 e. The first-order valence-corrected chi connectivity index (χ1v) is 5.05. The number of hydrogen-bond donors (Lipinski definition) is 1. The molecule has 0 saturated carbocycles. The Morgan fingerprint density at radius 1 is 1.62 bits per heavy atom. The summed E-state index contributed by atoms with van der Waals surface area (Å²) in [6.07, 6.45) is 2.75. The highest BCUT2D eigenvalue weighted by Crippen LogP contribution is 2.31. The topological polar surface area (TPSA) is 83.6 Å². The Morgan fingerprint density at radius 3 is 2.94 bits per heavy atom. The van der Waals surface area contributed by atoms with E-state index < -0.39 is 5.97 Å². The molecule has 6 nitrogen and oxygen atoms in total. The van der Waals surface area contributed by atoms with Gasteiger partial charge in [-0.05, 0) is 12.8 Å². The van der Waals surface area contributed by atoms with Crippen LogP contribution < -0.4 is 0 Å². The zero-order valence-corrected chi connectivity index (χ0v) is 8.84. The highest BCUT2D eigenvalue weighted by Gasteiger charge is 2.31. The Morgan fingerprint density at radius 2 is 2.38 bits per heavy atom. The number of carbonyl (C=O) groups is 2. The van der Waals surface area contributed by atoms with E-state index in [4.69, 9.17) is 9.52 Å². The minimum atomic E-state index is -1.12. The van der Waals surface area contributed by atoms with Crippen LogP contribution in [0.1, 0.15) is 42.2 Å². The summed E-state index contributed by atoms with van der Waals surface area (Å²) < 4.78 is 5.10. The third-order valence-corrected chi connectivity index (χ3v) is 2.68. The average molecular weight is 224 g/mol. The lowest BCUT2D eigenvalue weighted by Crippen LogP contribution is -2.28. The van der Waals surface area contributed by atoms with Crippen LogP contribution in [-0.2, 0) is 4.79 Å². The minimum Gasteiger partial charge on any atom is -0.476 e. The van der Waals surface area contributed by atoms with Gasteiger partial charge in [0.25, 0.3) is 0 Å². The third-order valence-electron chi connectivity index (χ3n) is 2.68. The maximum atomic E-state index is 11.3. The average Bonchev–Trinajstić information content (AvgIpc) is 2.86. The molecule has 0 unspecified atom stereocenters. The highest BCUT2D eigenvalue weighted by molar-refractivity contribution is 5.84. The summed E-state index contributed by atoms with van der Waals surface area (Å²) in [7, 11) is 0. The van der Waals surface area contributed by atoms with Crippen molar-refractivity contribution < 1.29 is 19.1 Å².